The molecule has 0 fully saturated rings. The van der Waals surface area contributed by atoms with Crippen LogP contribution in [0.4, 0.5) is 5.69 Å². The Hall–Kier alpha value is -0.870. The van der Waals surface area contributed by atoms with E-state index in [2.05, 4.69) is 21.2 Å². The number of para-hydroxylation sites is 1. The van der Waals surface area contributed by atoms with Gasteiger partial charge in [0.05, 0.1) is 10.9 Å². The van der Waals surface area contributed by atoms with Crippen LogP contribution in [-0.2, 0) is 16.1 Å². The molecule has 0 atom stereocenters. The van der Waals surface area contributed by atoms with Crippen molar-refractivity contribution in [1.82, 2.24) is 0 Å². The summed E-state index contributed by atoms with van der Waals surface area (Å²) in [6, 6.07) is 7.66. The Labute approximate surface area is 111 Å². The fraction of sp³-hybridized carbons (Fsp3) is 0.462. The Morgan fingerprint density at radius 3 is 2.65 bits per heavy atom. The first-order valence-electron chi connectivity index (χ1n) is 5.61. The summed E-state index contributed by atoms with van der Waals surface area (Å²) in [4.78, 5) is 11.9. The van der Waals surface area contributed by atoms with Gasteiger partial charge < -0.3 is 10.1 Å². The van der Waals surface area contributed by atoms with Gasteiger partial charge in [0.2, 0.25) is 5.91 Å². The summed E-state index contributed by atoms with van der Waals surface area (Å²) in [5.41, 5.74) is 1.79. The minimum atomic E-state index is -0.578. The van der Waals surface area contributed by atoms with Crippen LogP contribution in [-0.4, -0.2) is 16.8 Å². The highest BCUT2D eigenvalue weighted by atomic mass is 79.9. The van der Waals surface area contributed by atoms with E-state index >= 15 is 0 Å². The van der Waals surface area contributed by atoms with Gasteiger partial charge in [-0.3, -0.25) is 4.79 Å². The van der Waals surface area contributed by atoms with Crippen LogP contribution in [0.1, 0.15) is 26.3 Å². The van der Waals surface area contributed by atoms with Crippen LogP contribution in [0, 0.1) is 0 Å². The van der Waals surface area contributed by atoms with Gasteiger partial charge in [0.25, 0.3) is 0 Å². The molecular formula is C13H18BrNO2. The van der Waals surface area contributed by atoms with E-state index in [1.54, 1.807) is 0 Å². The average molecular weight is 300 g/mol. The molecule has 0 spiro atoms. The standard InChI is InChI=1S/C13H18BrNO2/c1-4-17-9-10-7-5-6-8-11(10)15-12(16)13(2,3)14/h5-8H,4,9H2,1-3H3,(H,15,16). The normalized spacial score (nSPS) is 11.3. The van der Waals surface area contributed by atoms with Gasteiger partial charge in [-0.1, -0.05) is 34.1 Å². The summed E-state index contributed by atoms with van der Waals surface area (Å²) in [6.07, 6.45) is 0. The van der Waals surface area contributed by atoms with Gasteiger partial charge in [-0.15, -0.1) is 0 Å². The fourth-order valence-electron chi connectivity index (χ4n) is 1.25. The van der Waals surface area contributed by atoms with Gasteiger partial charge in [-0.05, 0) is 26.8 Å². The molecule has 0 aliphatic heterocycles. The summed E-state index contributed by atoms with van der Waals surface area (Å²) in [7, 11) is 0. The molecule has 0 aliphatic carbocycles. The summed E-state index contributed by atoms with van der Waals surface area (Å²) < 4.78 is 4.79. The summed E-state index contributed by atoms with van der Waals surface area (Å²) in [5, 5.41) is 2.89. The Morgan fingerprint density at radius 1 is 1.41 bits per heavy atom. The largest absolute Gasteiger partial charge is 0.377 e. The van der Waals surface area contributed by atoms with E-state index in [0.717, 1.165) is 11.3 Å². The molecule has 0 bridgehead atoms. The fourth-order valence-corrected chi connectivity index (χ4v) is 1.35. The first-order valence-corrected chi connectivity index (χ1v) is 6.40. The molecule has 4 heteroatoms. The summed E-state index contributed by atoms with van der Waals surface area (Å²) in [6.45, 7) is 6.74. The van der Waals surface area contributed by atoms with E-state index in [0.29, 0.717) is 13.2 Å². The quantitative estimate of drug-likeness (QED) is 0.847. The number of ether oxygens (including phenoxy) is 1. The summed E-state index contributed by atoms with van der Waals surface area (Å²) in [5.74, 6) is -0.0681. The Morgan fingerprint density at radius 2 is 2.06 bits per heavy atom. The molecule has 1 aromatic rings. The number of halogens is 1. The highest BCUT2D eigenvalue weighted by Crippen LogP contribution is 2.21. The molecule has 1 amide bonds. The average Bonchev–Trinajstić information content (AvgIpc) is 2.26. The smallest absolute Gasteiger partial charge is 0.240 e. The molecule has 0 unspecified atom stereocenters. The van der Waals surface area contributed by atoms with Crippen LogP contribution in [0.2, 0.25) is 0 Å². The van der Waals surface area contributed by atoms with Gasteiger partial charge in [-0.25, -0.2) is 0 Å². The monoisotopic (exact) mass is 299 g/mol. The number of carbonyl (C=O) groups is 1. The third kappa shape index (κ3) is 4.48. The molecule has 0 aliphatic rings. The first kappa shape index (κ1) is 14.2. The number of hydrogen-bond acceptors (Lipinski definition) is 2. The maximum Gasteiger partial charge on any atom is 0.240 e. The first-order chi connectivity index (χ1) is 7.95. The van der Waals surface area contributed by atoms with Crippen LogP contribution in [0.3, 0.4) is 0 Å². The van der Waals surface area contributed by atoms with Gasteiger partial charge in [0.1, 0.15) is 0 Å². The van der Waals surface area contributed by atoms with E-state index in [9.17, 15) is 4.79 Å². The molecule has 1 aromatic carbocycles. The van der Waals surface area contributed by atoms with Crippen molar-refractivity contribution < 1.29 is 9.53 Å². The van der Waals surface area contributed by atoms with E-state index in [4.69, 9.17) is 4.74 Å². The zero-order chi connectivity index (χ0) is 12.9. The van der Waals surface area contributed by atoms with Crippen molar-refractivity contribution in [2.45, 2.75) is 31.7 Å². The van der Waals surface area contributed by atoms with Crippen molar-refractivity contribution in [1.29, 1.82) is 0 Å². The Balaban J connectivity index is 2.80. The van der Waals surface area contributed by atoms with E-state index in [1.165, 1.54) is 0 Å². The third-order valence-corrected chi connectivity index (χ3v) is 2.63. The summed E-state index contributed by atoms with van der Waals surface area (Å²) >= 11 is 3.34. The number of nitrogens with one attached hydrogen (secondary N) is 1. The van der Waals surface area contributed by atoms with Crippen LogP contribution in [0.15, 0.2) is 24.3 Å². The molecular weight excluding hydrogens is 282 g/mol. The Kier molecular flexibility index (Phi) is 5.15. The molecule has 0 saturated heterocycles. The topological polar surface area (TPSA) is 38.3 Å². The molecule has 0 saturated carbocycles. The SMILES string of the molecule is CCOCc1ccccc1NC(=O)C(C)(C)Br. The second-order valence-corrected chi connectivity index (χ2v) is 6.20. The molecule has 0 radical (unpaired) electrons. The van der Waals surface area contributed by atoms with Crippen molar-refractivity contribution in [3.63, 3.8) is 0 Å². The maximum atomic E-state index is 11.9. The van der Waals surface area contributed by atoms with Gasteiger partial charge in [-0.2, -0.15) is 0 Å². The van der Waals surface area contributed by atoms with Gasteiger partial charge >= 0.3 is 0 Å². The predicted octanol–water partition coefficient (Wildman–Crippen LogP) is 3.34. The lowest BCUT2D eigenvalue weighted by molar-refractivity contribution is -0.117. The molecule has 0 heterocycles. The third-order valence-electron chi connectivity index (χ3n) is 2.27. The second-order valence-electron chi connectivity index (χ2n) is 4.22. The molecule has 1 rings (SSSR count). The molecule has 1 N–H and O–H groups in total. The van der Waals surface area contributed by atoms with E-state index < -0.39 is 4.32 Å². The van der Waals surface area contributed by atoms with Crippen LogP contribution >= 0.6 is 15.9 Å². The minimum Gasteiger partial charge on any atom is -0.377 e. The number of rotatable bonds is 5. The zero-order valence-corrected chi connectivity index (χ0v) is 12.0. The van der Waals surface area contributed by atoms with E-state index in [-0.39, 0.29) is 5.91 Å². The lowest BCUT2D eigenvalue weighted by Gasteiger charge is -2.17. The van der Waals surface area contributed by atoms with Gasteiger partial charge in [0.15, 0.2) is 0 Å². The molecule has 0 aromatic heterocycles. The highest BCUT2D eigenvalue weighted by molar-refractivity contribution is 9.10. The van der Waals surface area contributed by atoms with Crippen LogP contribution in [0.25, 0.3) is 0 Å². The number of alkyl halides is 1. The van der Waals surface area contributed by atoms with Crippen LogP contribution in [0.5, 0.6) is 0 Å². The number of benzene rings is 1. The van der Waals surface area contributed by atoms with Crippen LogP contribution < -0.4 is 5.32 Å². The number of amides is 1. The lowest BCUT2D eigenvalue weighted by atomic mass is 10.1. The predicted molar refractivity (Wildman–Crippen MR) is 73.4 cm³/mol. The minimum absolute atomic E-state index is 0.0681. The lowest BCUT2D eigenvalue weighted by Crippen LogP contribution is -2.31. The molecule has 3 nitrogen and oxygen atoms in total. The van der Waals surface area contributed by atoms with Crippen molar-refractivity contribution in [3.8, 4) is 0 Å². The van der Waals surface area contributed by atoms with Crippen molar-refractivity contribution in [2.75, 3.05) is 11.9 Å². The number of anilines is 1. The number of hydrogen-bond donors (Lipinski definition) is 1. The van der Waals surface area contributed by atoms with Crippen molar-refractivity contribution in [2.24, 2.45) is 0 Å². The number of carbonyl (C=O) groups excluding carboxylic acids is 1. The highest BCUT2D eigenvalue weighted by Gasteiger charge is 2.24. The second kappa shape index (κ2) is 6.17. The van der Waals surface area contributed by atoms with E-state index in [1.807, 2.05) is 45.0 Å². The molecule has 94 valence electrons. The Bertz CT molecular complexity index is 385. The molecule has 17 heavy (non-hydrogen) atoms. The van der Waals surface area contributed by atoms with Crippen molar-refractivity contribution >= 4 is 27.5 Å². The zero-order valence-electron chi connectivity index (χ0n) is 10.4. The van der Waals surface area contributed by atoms with Gasteiger partial charge in [0, 0.05) is 17.9 Å². The maximum absolute atomic E-state index is 11.9. The van der Waals surface area contributed by atoms with Crippen molar-refractivity contribution in [3.05, 3.63) is 29.8 Å².